The van der Waals surface area contributed by atoms with Crippen LogP contribution in [0.15, 0.2) is 30.3 Å². The molecular formula is C12H15NO2. The summed E-state index contributed by atoms with van der Waals surface area (Å²) in [6, 6.07) is 9.66. The molecule has 1 aromatic carbocycles. The fourth-order valence-electron chi connectivity index (χ4n) is 1.45. The van der Waals surface area contributed by atoms with E-state index in [1.807, 2.05) is 30.3 Å². The quantitative estimate of drug-likeness (QED) is 0.766. The number of hydrogen-bond donors (Lipinski definition) is 1. The average molecular weight is 205 g/mol. The zero-order valence-corrected chi connectivity index (χ0v) is 8.61. The van der Waals surface area contributed by atoms with Crippen molar-refractivity contribution < 1.29 is 9.53 Å². The van der Waals surface area contributed by atoms with Crippen molar-refractivity contribution in [3.05, 3.63) is 30.3 Å². The van der Waals surface area contributed by atoms with Gasteiger partial charge in [0.1, 0.15) is 12.6 Å². The lowest BCUT2D eigenvalue weighted by Crippen LogP contribution is -2.28. The minimum absolute atomic E-state index is 0.163. The molecule has 0 bridgehead atoms. The maximum atomic E-state index is 11.3. The number of anilines is 1. The van der Waals surface area contributed by atoms with Crippen LogP contribution in [-0.4, -0.2) is 18.6 Å². The van der Waals surface area contributed by atoms with Crippen molar-refractivity contribution in [1.82, 2.24) is 0 Å². The van der Waals surface area contributed by atoms with Crippen molar-refractivity contribution in [1.29, 1.82) is 0 Å². The molecule has 3 heteroatoms. The summed E-state index contributed by atoms with van der Waals surface area (Å²) in [5.74, 6) is -0.163. The molecular weight excluding hydrogens is 190 g/mol. The van der Waals surface area contributed by atoms with Crippen LogP contribution in [0.1, 0.15) is 19.3 Å². The first-order valence-electron chi connectivity index (χ1n) is 5.33. The molecule has 0 aromatic heterocycles. The zero-order valence-electron chi connectivity index (χ0n) is 8.61. The van der Waals surface area contributed by atoms with E-state index in [1.165, 1.54) is 6.42 Å². The Morgan fingerprint density at radius 1 is 1.33 bits per heavy atom. The van der Waals surface area contributed by atoms with Crippen LogP contribution in [0.25, 0.3) is 0 Å². The van der Waals surface area contributed by atoms with Crippen molar-refractivity contribution in [3.8, 4) is 0 Å². The van der Waals surface area contributed by atoms with E-state index >= 15 is 0 Å². The lowest BCUT2D eigenvalue weighted by Gasteiger charge is -2.25. The lowest BCUT2D eigenvalue weighted by molar-refractivity contribution is -0.150. The van der Waals surface area contributed by atoms with E-state index in [2.05, 4.69) is 5.32 Å². The van der Waals surface area contributed by atoms with Crippen LogP contribution in [0.4, 0.5) is 5.69 Å². The summed E-state index contributed by atoms with van der Waals surface area (Å²) in [5.41, 5.74) is 0.947. The third-order valence-electron chi connectivity index (χ3n) is 2.56. The number of carbonyl (C=O) groups is 1. The number of hydrogen-bond acceptors (Lipinski definition) is 3. The summed E-state index contributed by atoms with van der Waals surface area (Å²) in [7, 11) is 0. The minimum Gasteiger partial charge on any atom is -0.461 e. The molecule has 0 saturated heterocycles. The molecule has 2 rings (SSSR count). The molecule has 1 aliphatic rings. The maximum absolute atomic E-state index is 11.3. The first-order valence-corrected chi connectivity index (χ1v) is 5.33. The van der Waals surface area contributed by atoms with Crippen LogP contribution in [0.3, 0.4) is 0 Å². The Balaban J connectivity index is 1.71. The fourth-order valence-corrected chi connectivity index (χ4v) is 1.45. The summed E-state index contributed by atoms with van der Waals surface area (Å²) in [6.45, 7) is 0.251. The highest BCUT2D eigenvalue weighted by Gasteiger charge is 2.21. The van der Waals surface area contributed by atoms with Gasteiger partial charge in [0, 0.05) is 5.69 Å². The van der Waals surface area contributed by atoms with Crippen molar-refractivity contribution >= 4 is 11.7 Å². The normalized spacial score (nSPS) is 15.5. The number of rotatable bonds is 4. The van der Waals surface area contributed by atoms with Crippen LogP contribution >= 0.6 is 0 Å². The zero-order chi connectivity index (χ0) is 10.5. The highest BCUT2D eigenvalue weighted by atomic mass is 16.5. The minimum atomic E-state index is -0.163. The first-order chi connectivity index (χ1) is 7.34. The van der Waals surface area contributed by atoms with Crippen LogP contribution in [0.5, 0.6) is 0 Å². The van der Waals surface area contributed by atoms with Gasteiger partial charge in [0.25, 0.3) is 0 Å². The molecule has 0 unspecified atom stereocenters. The van der Waals surface area contributed by atoms with Gasteiger partial charge in [-0.25, -0.2) is 0 Å². The lowest BCUT2D eigenvalue weighted by atomic mass is 9.96. The van der Waals surface area contributed by atoms with E-state index in [0.29, 0.717) is 0 Å². The van der Waals surface area contributed by atoms with Gasteiger partial charge < -0.3 is 10.1 Å². The topological polar surface area (TPSA) is 38.3 Å². The molecule has 0 atom stereocenters. The van der Waals surface area contributed by atoms with E-state index in [0.717, 1.165) is 18.5 Å². The molecule has 0 heterocycles. The highest BCUT2D eigenvalue weighted by molar-refractivity contribution is 5.75. The number of para-hydroxylation sites is 1. The van der Waals surface area contributed by atoms with Gasteiger partial charge in [0.15, 0.2) is 0 Å². The Morgan fingerprint density at radius 3 is 2.67 bits per heavy atom. The molecule has 1 fully saturated rings. The Morgan fingerprint density at radius 2 is 2.07 bits per heavy atom. The number of benzene rings is 1. The summed E-state index contributed by atoms with van der Waals surface area (Å²) >= 11 is 0. The van der Waals surface area contributed by atoms with Gasteiger partial charge in [-0.15, -0.1) is 0 Å². The van der Waals surface area contributed by atoms with Gasteiger partial charge in [-0.3, -0.25) is 4.79 Å². The highest BCUT2D eigenvalue weighted by Crippen LogP contribution is 2.21. The molecule has 1 N–H and O–H groups in total. The predicted octanol–water partition coefficient (Wildman–Crippen LogP) is 2.19. The summed E-state index contributed by atoms with van der Waals surface area (Å²) < 4.78 is 5.21. The fraction of sp³-hybridized carbons (Fsp3) is 0.417. The van der Waals surface area contributed by atoms with E-state index in [4.69, 9.17) is 4.74 Å². The number of nitrogens with one attached hydrogen (secondary N) is 1. The van der Waals surface area contributed by atoms with E-state index in [9.17, 15) is 4.79 Å². The second-order valence-corrected chi connectivity index (χ2v) is 3.76. The van der Waals surface area contributed by atoms with Crippen LogP contribution in [-0.2, 0) is 9.53 Å². The van der Waals surface area contributed by atoms with Gasteiger partial charge in [-0.05, 0) is 31.4 Å². The molecule has 0 spiro atoms. The molecule has 0 amide bonds. The standard InChI is InChI=1S/C12H15NO2/c14-12(15-11-7-4-8-11)9-13-10-5-2-1-3-6-10/h1-3,5-6,11,13H,4,7-9H2. The second kappa shape index (κ2) is 4.82. The van der Waals surface area contributed by atoms with Gasteiger partial charge in [0.2, 0.25) is 0 Å². The van der Waals surface area contributed by atoms with Gasteiger partial charge >= 0.3 is 5.97 Å². The molecule has 1 aliphatic carbocycles. The van der Waals surface area contributed by atoms with Crippen molar-refractivity contribution in [3.63, 3.8) is 0 Å². The van der Waals surface area contributed by atoms with Crippen LogP contribution in [0.2, 0.25) is 0 Å². The van der Waals surface area contributed by atoms with E-state index in [-0.39, 0.29) is 18.6 Å². The van der Waals surface area contributed by atoms with Gasteiger partial charge in [-0.1, -0.05) is 18.2 Å². The Labute approximate surface area is 89.4 Å². The van der Waals surface area contributed by atoms with Crippen LogP contribution < -0.4 is 5.32 Å². The number of ether oxygens (including phenoxy) is 1. The molecule has 0 radical (unpaired) electrons. The molecule has 0 aliphatic heterocycles. The van der Waals surface area contributed by atoms with E-state index < -0.39 is 0 Å². The van der Waals surface area contributed by atoms with Crippen molar-refractivity contribution in [2.45, 2.75) is 25.4 Å². The Hall–Kier alpha value is -1.51. The number of carbonyl (C=O) groups excluding carboxylic acids is 1. The van der Waals surface area contributed by atoms with Crippen LogP contribution in [0, 0.1) is 0 Å². The first kappa shape index (κ1) is 10.0. The summed E-state index contributed by atoms with van der Waals surface area (Å²) in [4.78, 5) is 11.3. The third kappa shape index (κ3) is 2.98. The Bertz CT molecular complexity index is 320. The molecule has 1 aromatic rings. The maximum Gasteiger partial charge on any atom is 0.325 e. The SMILES string of the molecule is O=C(CNc1ccccc1)OC1CCC1. The second-order valence-electron chi connectivity index (χ2n) is 3.76. The van der Waals surface area contributed by atoms with E-state index in [1.54, 1.807) is 0 Å². The summed E-state index contributed by atoms with van der Waals surface area (Å²) in [5, 5.41) is 3.02. The summed E-state index contributed by atoms with van der Waals surface area (Å²) in [6.07, 6.45) is 3.41. The van der Waals surface area contributed by atoms with Crippen molar-refractivity contribution in [2.24, 2.45) is 0 Å². The average Bonchev–Trinajstić information content (AvgIpc) is 2.22. The predicted molar refractivity (Wildman–Crippen MR) is 58.7 cm³/mol. The molecule has 15 heavy (non-hydrogen) atoms. The molecule has 1 saturated carbocycles. The number of esters is 1. The van der Waals surface area contributed by atoms with Gasteiger partial charge in [0.05, 0.1) is 0 Å². The van der Waals surface area contributed by atoms with Crippen molar-refractivity contribution in [2.75, 3.05) is 11.9 Å². The monoisotopic (exact) mass is 205 g/mol. The third-order valence-corrected chi connectivity index (χ3v) is 2.56. The largest absolute Gasteiger partial charge is 0.461 e. The molecule has 3 nitrogen and oxygen atoms in total. The van der Waals surface area contributed by atoms with Gasteiger partial charge in [-0.2, -0.15) is 0 Å². The Kier molecular flexibility index (Phi) is 3.22. The molecule has 80 valence electrons. The smallest absolute Gasteiger partial charge is 0.325 e.